The molecule has 0 aromatic rings. The Hall–Kier alpha value is 0.692. The fraction of sp³-hybridized carbons (Fsp3) is 0.941. The van der Waals surface area contributed by atoms with Crippen molar-refractivity contribution in [3.8, 4) is 0 Å². The van der Waals surface area contributed by atoms with Gasteiger partial charge < -0.3 is 0 Å². The van der Waals surface area contributed by atoms with Crippen LogP contribution in [0.1, 0.15) is 88.5 Å². The van der Waals surface area contributed by atoms with E-state index >= 15 is 0 Å². The number of fused-ring (bicyclic) bond motifs is 1. The van der Waals surface area contributed by atoms with E-state index in [1.165, 1.54) is 3.59 Å². The van der Waals surface area contributed by atoms with Gasteiger partial charge in [-0.05, 0) is 18.1 Å². The molecule has 0 bridgehead atoms. The van der Waals surface area contributed by atoms with Gasteiger partial charge in [0.25, 0.3) is 0 Å². The van der Waals surface area contributed by atoms with E-state index in [0.717, 1.165) is 19.3 Å². The summed E-state index contributed by atoms with van der Waals surface area (Å²) < 4.78 is 48.9. The molecule has 0 radical (unpaired) electrons. The van der Waals surface area contributed by atoms with Crippen molar-refractivity contribution in [3.05, 3.63) is 10.2 Å². The third-order valence-corrected chi connectivity index (χ3v) is 26.5. The predicted octanol–water partition coefficient (Wildman–Crippen LogP) is 8.81. The average molecular weight is 764 g/mol. The minimum absolute atomic E-state index is 0.0747. The van der Waals surface area contributed by atoms with Crippen LogP contribution in [0.25, 0.3) is 0 Å². The molecule has 0 unspecified atom stereocenters. The van der Waals surface area contributed by atoms with Crippen LogP contribution in [-0.2, 0) is 32.5 Å². The second-order valence-electron chi connectivity index (χ2n) is 18.5. The van der Waals surface area contributed by atoms with Crippen molar-refractivity contribution in [2.45, 2.75) is 194 Å². The van der Waals surface area contributed by atoms with Crippen LogP contribution in [0.15, 0.2) is 10.2 Å². The van der Waals surface area contributed by atoms with Gasteiger partial charge in [0.1, 0.15) is 0 Å². The van der Waals surface area contributed by atoms with Crippen molar-refractivity contribution in [3.63, 3.8) is 0 Å². The van der Waals surface area contributed by atoms with Crippen LogP contribution in [0.5, 0.6) is 0 Å². The van der Waals surface area contributed by atoms with Gasteiger partial charge in [-0.3, -0.25) is 0 Å². The van der Waals surface area contributed by atoms with E-state index in [1.54, 1.807) is 0 Å². The Morgan fingerprint density at radius 1 is 0.818 bits per heavy atom. The number of allylic oxidation sites excluding steroid dienone is 1. The third-order valence-electron chi connectivity index (χ3n) is 10.8. The molecule has 0 aromatic carbocycles. The van der Waals surface area contributed by atoms with Gasteiger partial charge in [-0.2, -0.15) is 0 Å². The summed E-state index contributed by atoms with van der Waals surface area (Å²) in [4.78, 5) is 7.32. The first-order valence-corrected chi connectivity index (χ1v) is 32.7. The molecule has 3 aliphatic rings. The molecule has 258 valence electrons. The van der Waals surface area contributed by atoms with Gasteiger partial charge >= 0.3 is 239 Å². The van der Waals surface area contributed by atoms with Gasteiger partial charge in [-0.25, -0.2) is 0 Å². The molecule has 44 heavy (non-hydrogen) atoms. The normalized spacial score (nSPS) is 32.0. The van der Waals surface area contributed by atoms with Crippen molar-refractivity contribution in [1.29, 1.82) is 0 Å². The topological polar surface area (TPSA) is 64.6 Å². The van der Waals surface area contributed by atoms with Crippen LogP contribution in [0.4, 0.5) is 0 Å². The molecule has 0 aromatic heterocycles. The van der Waals surface area contributed by atoms with E-state index in [2.05, 4.69) is 89.1 Å². The van der Waals surface area contributed by atoms with Gasteiger partial charge in [0.2, 0.25) is 0 Å². The summed E-state index contributed by atoms with van der Waals surface area (Å²) in [5, 5.41) is 0.173. The Bertz CT molecular complexity index is 1010. The maximum atomic E-state index is 7.22. The zero-order chi connectivity index (χ0) is 33.9. The molecular formula is C34H68O7Si2Sn. The fourth-order valence-electron chi connectivity index (χ4n) is 5.74. The summed E-state index contributed by atoms with van der Waals surface area (Å²) in [6.07, 6.45) is 0.917. The van der Waals surface area contributed by atoms with E-state index in [0.29, 0.717) is 6.61 Å². The van der Waals surface area contributed by atoms with Crippen LogP contribution in [0.3, 0.4) is 0 Å². The molecule has 0 aliphatic carbocycles. The van der Waals surface area contributed by atoms with Gasteiger partial charge in [0, 0.05) is 0 Å². The van der Waals surface area contributed by atoms with E-state index in [9.17, 15) is 0 Å². The second-order valence-corrected chi connectivity index (χ2v) is 43.0. The van der Waals surface area contributed by atoms with Gasteiger partial charge in [0.15, 0.2) is 0 Å². The van der Waals surface area contributed by atoms with Crippen LogP contribution < -0.4 is 0 Å². The van der Waals surface area contributed by atoms with Crippen LogP contribution in [0.2, 0.25) is 51.1 Å². The quantitative estimate of drug-likeness (QED) is 0.195. The van der Waals surface area contributed by atoms with Crippen LogP contribution in [-0.4, -0.2) is 95.9 Å². The molecule has 0 amide bonds. The zero-order valence-corrected chi connectivity index (χ0v) is 36.3. The number of ether oxygens (including phenoxy) is 5. The summed E-state index contributed by atoms with van der Waals surface area (Å²) in [6, 6.07) is 0. The van der Waals surface area contributed by atoms with E-state index in [4.69, 9.17) is 32.5 Å². The monoisotopic (exact) mass is 764 g/mol. The molecular weight excluding hydrogens is 695 g/mol. The third kappa shape index (κ3) is 9.43. The second kappa shape index (κ2) is 13.2. The molecule has 10 heteroatoms. The average Bonchev–Trinajstić information content (AvgIpc) is 3.30. The number of rotatable bonds is 11. The Labute approximate surface area is 276 Å². The number of hydrogen-bond donors (Lipinski definition) is 0. The van der Waals surface area contributed by atoms with Crippen LogP contribution in [0, 0.1) is 0 Å². The Morgan fingerprint density at radius 2 is 1.34 bits per heavy atom. The van der Waals surface area contributed by atoms with Crippen molar-refractivity contribution in [2.24, 2.45) is 0 Å². The summed E-state index contributed by atoms with van der Waals surface area (Å²) in [5.41, 5.74) is 0. The molecule has 7 nitrogen and oxygen atoms in total. The molecule has 0 N–H and O–H groups in total. The van der Waals surface area contributed by atoms with Crippen molar-refractivity contribution < 1.29 is 32.5 Å². The molecule has 3 fully saturated rings. The molecule has 3 aliphatic heterocycles. The van der Waals surface area contributed by atoms with Crippen molar-refractivity contribution in [1.82, 2.24) is 0 Å². The maximum absolute atomic E-state index is 7.22. The van der Waals surface area contributed by atoms with Crippen LogP contribution >= 0.6 is 0 Å². The molecule has 0 spiro atoms. The first-order chi connectivity index (χ1) is 19.6. The first-order valence-electron chi connectivity index (χ1n) is 16.9. The van der Waals surface area contributed by atoms with E-state index in [-0.39, 0.29) is 52.8 Å². The predicted molar refractivity (Wildman–Crippen MR) is 188 cm³/mol. The first kappa shape index (κ1) is 39.1. The van der Waals surface area contributed by atoms with E-state index < -0.39 is 46.6 Å². The Balaban J connectivity index is 1.96. The minimum atomic E-state index is -2.26. The molecule has 3 saturated heterocycles. The summed E-state index contributed by atoms with van der Waals surface area (Å²) >= 11 is -2.26. The van der Waals surface area contributed by atoms with Crippen molar-refractivity contribution in [2.75, 3.05) is 6.61 Å². The Morgan fingerprint density at radius 3 is 1.86 bits per heavy atom. The van der Waals surface area contributed by atoms with Gasteiger partial charge in [-0.1, -0.05) is 20.8 Å². The Kier molecular flexibility index (Phi) is 11.7. The standard InChI is InChI=1S/C31H59O7Si2.3CH3.Sn/c1-16-17-18-21(38-40(14,15)29(5,6)7)22-19-23-25(36-30(8,9)34-23)27(33-22)26-24(35-31(10,11)37-26)20-32-39(12,13)28(2,3)4;;;;/h21-27H,1,17-20H2,2-15H3;3*1H3;/t21-,22-,23-,24-,25-,26+,27-;;;;/m1..../s1. The van der Waals surface area contributed by atoms with E-state index in [1.807, 2.05) is 27.7 Å². The summed E-state index contributed by atoms with van der Waals surface area (Å²) in [5.74, 6) is -1.47. The molecule has 3 heterocycles. The molecule has 3 rings (SSSR count). The zero-order valence-electron chi connectivity index (χ0n) is 31.4. The van der Waals surface area contributed by atoms with Gasteiger partial charge in [0.05, 0.1) is 0 Å². The SMILES string of the molecule is C=[C](CC[C@@H](O[Si](C)(C)C(C)(C)C)[C@H]1C[C@H]2OC(C)(C)O[C@H]2[C@H]([C@H]2OC(C)(C)O[C@@H]2CO[Si](C)(C)C(C)(C)C)O1)[Sn]([CH3])([CH3])[CH3]. The fourth-order valence-corrected chi connectivity index (χ4v) is 10.7. The molecule has 0 saturated carbocycles. The summed E-state index contributed by atoms with van der Waals surface area (Å²) in [6.45, 7) is 35.9. The molecule has 7 atom stereocenters. The summed E-state index contributed by atoms with van der Waals surface area (Å²) in [7, 11) is -4.12. The van der Waals surface area contributed by atoms with Crippen molar-refractivity contribution >= 4 is 35.0 Å². The van der Waals surface area contributed by atoms with Gasteiger partial charge in [-0.15, -0.1) is 0 Å². The number of hydrogen-bond acceptors (Lipinski definition) is 7.